The highest BCUT2D eigenvalue weighted by Gasteiger charge is 2.20. The normalized spacial score (nSPS) is 8.95. The van der Waals surface area contributed by atoms with E-state index in [1.165, 1.54) is 66.5 Å². The van der Waals surface area contributed by atoms with Crippen molar-refractivity contribution in [3.8, 4) is 0 Å². The second kappa shape index (κ2) is 78.0. The zero-order chi connectivity index (χ0) is 75.6. The highest BCUT2D eigenvalue weighted by molar-refractivity contribution is 5.91. The van der Waals surface area contributed by atoms with Crippen LogP contribution in [0, 0.1) is 0 Å². The Kier molecular flexibility index (Phi) is 88.3. The summed E-state index contributed by atoms with van der Waals surface area (Å²) in [4.78, 5) is 151. The fourth-order valence-corrected chi connectivity index (χ4v) is 4.87. The highest BCUT2D eigenvalue weighted by atomic mass is 16.5. The molecule has 27 heteroatoms. The number of nitrogens with zero attached hydrogens (tertiary/aromatic N) is 7. The van der Waals surface area contributed by atoms with Gasteiger partial charge in [-0.25, -0.2) is 29.2 Å². The number of amides is 6. The predicted octanol–water partition coefficient (Wildman–Crippen LogP) is 4.45. The van der Waals surface area contributed by atoms with Crippen LogP contribution in [0.1, 0.15) is 81.1 Å². The molecule has 0 fully saturated rings. The van der Waals surface area contributed by atoms with Gasteiger partial charge in [0.05, 0.1) is 26.2 Å². The maximum atomic E-state index is 10.9. The zero-order valence-corrected chi connectivity index (χ0v) is 59.4. The lowest BCUT2D eigenvalue weighted by Crippen LogP contribution is -2.43. The molecular weight excluding hydrogens is 1210 g/mol. The third-order valence-corrected chi connectivity index (χ3v) is 9.17. The lowest BCUT2D eigenvalue weighted by atomic mass is 9.98. The monoisotopic (exact) mass is 1330 g/mol. The number of rotatable bonds is 34. The molecule has 0 unspecified atom stereocenters. The maximum absolute atomic E-state index is 10.9. The number of carbonyl (C=O) groups excluding carboxylic acids is 13. The van der Waals surface area contributed by atoms with Crippen molar-refractivity contribution in [2.45, 2.75) is 92.7 Å². The van der Waals surface area contributed by atoms with Gasteiger partial charge in [0.1, 0.15) is 19.0 Å². The van der Waals surface area contributed by atoms with E-state index in [1.54, 1.807) is 39.8 Å². The van der Waals surface area contributed by atoms with Crippen LogP contribution in [0.2, 0.25) is 0 Å². The number of aliphatic hydroxyl groups excluding tert-OH is 1. The third kappa shape index (κ3) is 107. The van der Waals surface area contributed by atoms with E-state index in [-0.39, 0.29) is 91.7 Å². The van der Waals surface area contributed by atoms with Gasteiger partial charge >= 0.3 is 11.9 Å². The summed E-state index contributed by atoms with van der Waals surface area (Å²) < 4.78 is 9.06. The van der Waals surface area contributed by atoms with E-state index in [1.807, 2.05) is 74.9 Å². The Balaban J connectivity index is -0.000000105. The van der Waals surface area contributed by atoms with Gasteiger partial charge in [0.15, 0.2) is 11.6 Å². The average Bonchev–Trinajstić information content (AvgIpc) is 1.52. The minimum absolute atomic E-state index is 0.0139. The first-order valence-electron chi connectivity index (χ1n) is 29.2. The van der Waals surface area contributed by atoms with E-state index in [0.29, 0.717) is 31.5 Å². The number of aliphatic hydroxyl groups is 1. The summed E-state index contributed by atoms with van der Waals surface area (Å²) in [5.41, 5.74) is -0.142. The van der Waals surface area contributed by atoms with Crippen LogP contribution in [0.4, 0.5) is 0 Å². The summed E-state index contributed by atoms with van der Waals surface area (Å²) in [6, 6.07) is 0.209. The third-order valence-electron chi connectivity index (χ3n) is 9.17. The van der Waals surface area contributed by atoms with Gasteiger partial charge in [-0.1, -0.05) is 65.8 Å². The van der Waals surface area contributed by atoms with Crippen LogP contribution >= 0.6 is 0 Å². The van der Waals surface area contributed by atoms with Crippen LogP contribution in [0.25, 0.3) is 0 Å². The number of isocyanates is 2. The van der Waals surface area contributed by atoms with Crippen molar-refractivity contribution >= 4 is 76.9 Å². The van der Waals surface area contributed by atoms with Gasteiger partial charge in [-0.3, -0.25) is 43.2 Å². The molecule has 0 aromatic heterocycles. The molecule has 0 bridgehead atoms. The number of likely N-dealkylation sites (N-methyl/N-ethyl adjacent to an activating group) is 3. The summed E-state index contributed by atoms with van der Waals surface area (Å²) in [5.74, 6) is -1.46. The van der Waals surface area contributed by atoms with Gasteiger partial charge in [-0.15, -0.1) is 0 Å². The van der Waals surface area contributed by atoms with Crippen LogP contribution in [0.15, 0.2) is 136 Å². The van der Waals surface area contributed by atoms with Crippen molar-refractivity contribution < 1.29 is 76.9 Å². The molecule has 0 aliphatic heterocycles. The quantitative estimate of drug-likeness (QED) is 0.0195. The summed E-state index contributed by atoms with van der Waals surface area (Å²) in [7, 11) is 15.1. The number of ether oxygens (including phenoxy) is 2. The first-order chi connectivity index (χ1) is 43.8. The van der Waals surface area contributed by atoms with Crippen molar-refractivity contribution in [2.24, 2.45) is 9.98 Å². The Bertz CT molecular complexity index is 2340. The first-order valence-corrected chi connectivity index (χ1v) is 29.2. The lowest BCUT2D eigenvalue weighted by molar-refractivity contribution is -0.139. The van der Waals surface area contributed by atoms with E-state index in [9.17, 15) is 62.3 Å². The molecule has 5 N–H and O–H groups in total. The summed E-state index contributed by atoms with van der Waals surface area (Å²) in [5, 5.41) is 18.5. The number of Topliss-reactive ketones (excluding diaryl/α,β-unsaturated/α-hetero) is 1. The van der Waals surface area contributed by atoms with Gasteiger partial charge < -0.3 is 60.3 Å². The van der Waals surface area contributed by atoms with E-state index in [4.69, 9.17) is 5.11 Å². The molecule has 0 saturated heterocycles. The molecule has 0 atom stereocenters. The van der Waals surface area contributed by atoms with Crippen LogP contribution in [-0.4, -0.2) is 253 Å². The van der Waals surface area contributed by atoms with Crippen molar-refractivity contribution in [3.05, 3.63) is 126 Å². The first kappa shape index (κ1) is 106. The molecule has 0 aliphatic carbocycles. The second-order valence-electron chi connectivity index (χ2n) is 20.1. The van der Waals surface area contributed by atoms with Gasteiger partial charge in [0.2, 0.25) is 47.6 Å². The fourth-order valence-electron chi connectivity index (χ4n) is 4.87. The number of nitrogens with one attached hydrogen (secondary N) is 4. The molecule has 0 heterocycles. The molecule has 534 valence electrons. The van der Waals surface area contributed by atoms with Crippen LogP contribution in [-0.2, 0) is 71.8 Å². The topological polar surface area (TPSA) is 350 Å². The number of carbonyl (C=O) groups is 11. The van der Waals surface area contributed by atoms with Crippen molar-refractivity contribution in [3.63, 3.8) is 0 Å². The number of hydrogen-bond acceptors (Lipinski definition) is 21. The standard InChI is InChI=1S/C9H15NO2.C8H16N2O.C8H15NO.C7H9NO3.C7H13NO.C6H7NO3.2C6H11NO.C5H9NO2.C5H9NO/c1-5-8(12)10-9(3,4)6-7(2)11;1-4-8(11)9-6-5-7-10(2)3;1-4-8(10)6-5-7-9(2)3;1-6(2)7(10)11-4-3-8-5-9;1-4-7(9)8(5-2)6-3;1-2-6(9)10-4-3-7-5-8;1-4-6(8)5-7(2)3;1-4-6(8)7-5(2)3;1-2-5(8)6-3-4-7;1-4-5(7)6(2)3/h5H,1,6H2,2-4H3,(H,10,12);4H,1,5-7H2,2-3H3,(H,9,11);4H,1,5-7H2,2-3H3;1,3-4H2,2H3;4H,1,5-6H2,2-3H3;2H,1,3-4H2;4H,1,5H2,2-3H3;4-5H,1H2,2-3H3,(H,7,8);2,7H,1,3-4H2,(H,6,8);4H,1H2,2-3H3. The molecule has 0 aliphatic rings. The van der Waals surface area contributed by atoms with Gasteiger partial charge in [-0.05, 0) is 172 Å². The Labute approximate surface area is 561 Å². The van der Waals surface area contributed by atoms with E-state index < -0.39 is 17.5 Å². The predicted molar refractivity (Wildman–Crippen MR) is 375 cm³/mol. The summed E-state index contributed by atoms with van der Waals surface area (Å²) in [6.07, 6.45) is 16.8. The van der Waals surface area contributed by atoms with Crippen LogP contribution in [0.5, 0.6) is 0 Å². The van der Waals surface area contributed by atoms with Crippen molar-refractivity contribution in [1.29, 1.82) is 0 Å². The van der Waals surface area contributed by atoms with Crippen LogP contribution < -0.4 is 21.3 Å². The van der Waals surface area contributed by atoms with Crippen molar-refractivity contribution in [1.82, 2.24) is 45.8 Å². The molecule has 94 heavy (non-hydrogen) atoms. The highest BCUT2D eigenvalue weighted by Crippen LogP contribution is 2.08. The number of ketones is 3. The molecule has 0 aromatic rings. The SMILES string of the molecule is C=C(C)C(=O)OCCN=C=O.C=CC(=O)CCCN(C)C.C=CC(=O)CN(C)C.C=CC(=O)N(C)C.C=CC(=O)N(CC)CC.C=CC(=O)NC(C)(C)CC(C)=O.C=CC(=O)NC(C)C.C=CC(=O)NCCCN(C)C.C=CC(=O)NCCO.C=CC(=O)OCCN=C=O. The number of hydrogen-bond donors (Lipinski definition) is 5. The molecule has 0 radical (unpaired) electrons. The van der Waals surface area contributed by atoms with Gasteiger partial charge in [0.25, 0.3) is 0 Å². The van der Waals surface area contributed by atoms with E-state index in [0.717, 1.165) is 57.7 Å². The number of esters is 2. The lowest BCUT2D eigenvalue weighted by Gasteiger charge is -2.23. The largest absolute Gasteiger partial charge is 0.461 e. The average molecular weight is 1330 g/mol. The molecule has 27 nitrogen and oxygen atoms in total. The fraction of sp³-hybridized carbons (Fsp3) is 0.507. The summed E-state index contributed by atoms with van der Waals surface area (Å²) >= 11 is 0. The van der Waals surface area contributed by atoms with Crippen LogP contribution in [0.3, 0.4) is 0 Å². The Hall–Kier alpha value is -9.23. The second-order valence-corrected chi connectivity index (χ2v) is 20.1. The van der Waals surface area contributed by atoms with Gasteiger partial charge in [0, 0.05) is 76.3 Å². The molecule has 0 saturated carbocycles. The Morgan fingerprint density at radius 1 is 0.564 bits per heavy atom. The summed E-state index contributed by atoms with van der Waals surface area (Å²) in [6.45, 7) is 53.0. The number of aliphatic imine (C=N–C) groups is 2. The number of allylic oxidation sites excluding steroid dienone is 1. The van der Waals surface area contributed by atoms with Gasteiger partial charge in [-0.2, -0.15) is 0 Å². The van der Waals surface area contributed by atoms with Crippen molar-refractivity contribution in [2.75, 3.05) is 135 Å². The van der Waals surface area contributed by atoms with E-state index in [2.05, 4.69) is 116 Å². The minimum atomic E-state index is -0.513. The molecule has 0 aromatic carbocycles. The Morgan fingerprint density at radius 2 is 0.989 bits per heavy atom. The smallest absolute Gasteiger partial charge is 0.333 e. The molecule has 6 amide bonds. The molecule has 0 rings (SSSR count). The maximum Gasteiger partial charge on any atom is 0.333 e. The molecule has 0 spiro atoms. The molecular formula is C67H115N11O16. The van der Waals surface area contributed by atoms with E-state index >= 15 is 0 Å². The minimum Gasteiger partial charge on any atom is -0.461 e. The Morgan fingerprint density at radius 3 is 1.27 bits per heavy atom. The zero-order valence-electron chi connectivity index (χ0n) is 59.4.